The molecule has 0 unspecified atom stereocenters. The summed E-state index contributed by atoms with van der Waals surface area (Å²) in [6, 6.07) is 5.03. The smallest absolute Gasteiger partial charge is 0.195 e. The number of aromatic nitrogens is 3. The van der Waals surface area contributed by atoms with Crippen LogP contribution in [0, 0.1) is 17.5 Å². The normalized spacial score (nSPS) is 10.6. The van der Waals surface area contributed by atoms with Crippen molar-refractivity contribution in [1.29, 1.82) is 0 Å². The summed E-state index contributed by atoms with van der Waals surface area (Å²) in [5.74, 6) is 0.226. The van der Waals surface area contributed by atoms with E-state index in [0.717, 1.165) is 5.56 Å². The highest BCUT2D eigenvalue weighted by molar-refractivity contribution is 7.71. The lowest BCUT2D eigenvalue weighted by molar-refractivity contribution is 0.627. The molecule has 0 saturated heterocycles. The van der Waals surface area contributed by atoms with Gasteiger partial charge in [0.15, 0.2) is 10.6 Å². The Morgan fingerprint density at radius 2 is 2.20 bits per heavy atom. The molecule has 2 aromatic rings. The Morgan fingerprint density at radius 3 is 2.73 bits per heavy atom. The molecule has 0 amide bonds. The van der Waals surface area contributed by atoms with Crippen molar-refractivity contribution in [2.75, 3.05) is 0 Å². The highest BCUT2D eigenvalue weighted by Crippen LogP contribution is 2.20. The molecule has 1 N–H and O–H groups in total. The van der Waals surface area contributed by atoms with E-state index < -0.39 is 0 Å². The van der Waals surface area contributed by atoms with Crippen LogP contribution < -0.4 is 0 Å². The van der Waals surface area contributed by atoms with Crippen LogP contribution in [0.2, 0.25) is 0 Å². The molecule has 0 aliphatic carbocycles. The Balaban J connectivity index is 2.64. The minimum atomic E-state index is -0.285. The fourth-order valence-electron chi connectivity index (χ4n) is 1.39. The van der Waals surface area contributed by atoms with Gasteiger partial charge in [0.05, 0.1) is 5.56 Å². The molecule has 0 spiro atoms. The number of hydrogen-bond donors (Lipinski definition) is 1. The first-order chi connectivity index (χ1) is 7.09. The number of aromatic amines is 1. The van der Waals surface area contributed by atoms with Crippen molar-refractivity contribution in [3.05, 3.63) is 34.4 Å². The van der Waals surface area contributed by atoms with Crippen molar-refractivity contribution >= 4 is 12.2 Å². The van der Waals surface area contributed by atoms with E-state index in [0.29, 0.717) is 16.2 Å². The molecule has 1 aromatic carbocycles. The molecule has 1 heterocycles. The predicted octanol–water partition coefficient (Wildman–Crippen LogP) is 2.59. The molecular weight excluding hydrogens is 213 g/mol. The Hall–Kier alpha value is -1.49. The minimum absolute atomic E-state index is 0.285. The van der Waals surface area contributed by atoms with Gasteiger partial charge in [-0.3, -0.25) is 5.10 Å². The summed E-state index contributed by atoms with van der Waals surface area (Å²) in [6.07, 6.45) is 0. The second-order valence-corrected chi connectivity index (χ2v) is 3.78. The lowest BCUT2D eigenvalue weighted by Crippen LogP contribution is -1.95. The summed E-state index contributed by atoms with van der Waals surface area (Å²) >= 11 is 4.97. The van der Waals surface area contributed by atoms with E-state index in [9.17, 15) is 4.39 Å². The van der Waals surface area contributed by atoms with E-state index in [1.807, 2.05) is 13.0 Å². The largest absolute Gasteiger partial charge is 0.303 e. The maximum atomic E-state index is 13.6. The molecule has 15 heavy (non-hydrogen) atoms. The van der Waals surface area contributed by atoms with Crippen LogP contribution in [0.4, 0.5) is 4.39 Å². The molecule has 0 aliphatic heterocycles. The van der Waals surface area contributed by atoms with Crippen molar-refractivity contribution in [1.82, 2.24) is 14.8 Å². The van der Waals surface area contributed by atoms with Gasteiger partial charge in [-0.05, 0) is 36.8 Å². The topological polar surface area (TPSA) is 33.6 Å². The maximum absolute atomic E-state index is 13.6. The van der Waals surface area contributed by atoms with Gasteiger partial charge >= 0.3 is 0 Å². The molecule has 0 bridgehead atoms. The fourth-order valence-corrected chi connectivity index (χ4v) is 1.52. The third-order valence-electron chi connectivity index (χ3n) is 2.25. The molecule has 5 heteroatoms. The number of H-pyrrole nitrogens is 1. The van der Waals surface area contributed by atoms with E-state index >= 15 is 0 Å². The van der Waals surface area contributed by atoms with Crippen molar-refractivity contribution in [3.63, 3.8) is 0 Å². The maximum Gasteiger partial charge on any atom is 0.195 e. The van der Waals surface area contributed by atoms with Gasteiger partial charge in [0, 0.05) is 7.05 Å². The number of hydrogen-bond acceptors (Lipinski definition) is 2. The second kappa shape index (κ2) is 3.58. The van der Waals surface area contributed by atoms with E-state index in [-0.39, 0.29) is 5.82 Å². The van der Waals surface area contributed by atoms with Crippen molar-refractivity contribution in [3.8, 4) is 11.4 Å². The van der Waals surface area contributed by atoms with Gasteiger partial charge in [0.2, 0.25) is 0 Å². The molecule has 1 aromatic heterocycles. The summed E-state index contributed by atoms with van der Waals surface area (Å²) in [6.45, 7) is 1.84. The minimum Gasteiger partial charge on any atom is -0.303 e. The molecule has 2 rings (SSSR count). The van der Waals surface area contributed by atoms with Crippen LogP contribution in [0.3, 0.4) is 0 Å². The number of rotatable bonds is 1. The molecule has 78 valence electrons. The lowest BCUT2D eigenvalue weighted by Gasteiger charge is -2.02. The Morgan fingerprint density at radius 1 is 1.47 bits per heavy atom. The number of nitrogens with zero attached hydrogens (tertiary/aromatic N) is 2. The first-order valence-corrected chi connectivity index (χ1v) is 4.88. The molecule has 0 fully saturated rings. The van der Waals surface area contributed by atoms with Crippen LogP contribution in [0.1, 0.15) is 5.56 Å². The fraction of sp³-hybridized carbons (Fsp3) is 0.200. The van der Waals surface area contributed by atoms with Gasteiger partial charge in [-0.25, -0.2) is 4.39 Å². The van der Waals surface area contributed by atoms with Gasteiger partial charge in [-0.2, -0.15) is 5.10 Å². The molecule has 0 atom stereocenters. The Labute approximate surface area is 91.6 Å². The Bertz CT molecular complexity index is 556. The first kappa shape index (κ1) is 10.0. The number of halogens is 1. The van der Waals surface area contributed by atoms with Gasteiger partial charge in [-0.15, -0.1) is 0 Å². The van der Waals surface area contributed by atoms with Gasteiger partial charge in [-0.1, -0.05) is 6.07 Å². The quantitative estimate of drug-likeness (QED) is 0.754. The first-order valence-electron chi connectivity index (χ1n) is 4.47. The van der Waals surface area contributed by atoms with E-state index in [1.165, 1.54) is 6.07 Å². The monoisotopic (exact) mass is 223 g/mol. The second-order valence-electron chi connectivity index (χ2n) is 3.39. The molecule has 3 nitrogen and oxygen atoms in total. The van der Waals surface area contributed by atoms with Gasteiger partial charge in [0.1, 0.15) is 5.82 Å². The SMILES string of the molecule is Cc1ccc(-c2n[nH]c(=S)n2C)c(F)c1. The van der Waals surface area contributed by atoms with Crippen LogP contribution in [-0.2, 0) is 7.05 Å². The number of benzene rings is 1. The zero-order chi connectivity index (χ0) is 11.0. The van der Waals surface area contributed by atoms with E-state index in [1.54, 1.807) is 17.7 Å². The number of nitrogens with one attached hydrogen (secondary N) is 1. The van der Waals surface area contributed by atoms with Crippen LogP contribution >= 0.6 is 12.2 Å². The molecule has 0 saturated carbocycles. The van der Waals surface area contributed by atoms with Gasteiger partial charge in [0.25, 0.3) is 0 Å². The van der Waals surface area contributed by atoms with Crippen LogP contribution in [0.5, 0.6) is 0 Å². The van der Waals surface area contributed by atoms with E-state index in [4.69, 9.17) is 12.2 Å². The summed E-state index contributed by atoms with van der Waals surface area (Å²) in [5, 5.41) is 6.61. The third-order valence-corrected chi connectivity index (χ3v) is 2.61. The molecular formula is C10H10FN3S. The van der Waals surface area contributed by atoms with Crippen LogP contribution in [0.15, 0.2) is 18.2 Å². The summed E-state index contributed by atoms with van der Waals surface area (Å²) < 4.78 is 15.7. The average Bonchev–Trinajstić information content (AvgIpc) is 2.49. The number of aryl methyl sites for hydroxylation is 1. The zero-order valence-corrected chi connectivity index (χ0v) is 9.23. The van der Waals surface area contributed by atoms with E-state index in [2.05, 4.69) is 10.2 Å². The highest BCUT2D eigenvalue weighted by atomic mass is 32.1. The molecule has 0 radical (unpaired) electrons. The lowest BCUT2D eigenvalue weighted by atomic mass is 10.1. The summed E-state index contributed by atoms with van der Waals surface area (Å²) in [7, 11) is 1.75. The summed E-state index contributed by atoms with van der Waals surface area (Å²) in [5.41, 5.74) is 1.34. The zero-order valence-electron chi connectivity index (χ0n) is 8.41. The standard InChI is InChI=1S/C10H10FN3S/c1-6-3-4-7(8(11)5-6)9-12-13-10(15)14(9)2/h3-5H,1-2H3,(H,13,15). The highest BCUT2D eigenvalue weighted by Gasteiger charge is 2.10. The molecule has 0 aliphatic rings. The summed E-state index contributed by atoms with van der Waals surface area (Å²) in [4.78, 5) is 0. The van der Waals surface area contributed by atoms with Crippen molar-refractivity contribution in [2.24, 2.45) is 7.05 Å². The Kier molecular flexibility index (Phi) is 2.40. The van der Waals surface area contributed by atoms with Crippen LogP contribution in [0.25, 0.3) is 11.4 Å². The van der Waals surface area contributed by atoms with Crippen molar-refractivity contribution < 1.29 is 4.39 Å². The predicted molar refractivity (Wildman–Crippen MR) is 58.5 cm³/mol. The average molecular weight is 223 g/mol. The van der Waals surface area contributed by atoms with Gasteiger partial charge < -0.3 is 4.57 Å². The van der Waals surface area contributed by atoms with Crippen LogP contribution in [-0.4, -0.2) is 14.8 Å². The van der Waals surface area contributed by atoms with Crippen molar-refractivity contribution in [2.45, 2.75) is 6.92 Å². The third kappa shape index (κ3) is 1.70.